The van der Waals surface area contributed by atoms with Crippen molar-refractivity contribution in [2.24, 2.45) is 0 Å². The average Bonchev–Trinajstić information content (AvgIpc) is 2.98. The largest absolute Gasteiger partial charge is 0.416 e. The zero-order valence-electron chi connectivity index (χ0n) is 11.5. The number of amides is 1. The van der Waals surface area contributed by atoms with Crippen molar-refractivity contribution in [2.45, 2.75) is 55.1 Å². The first-order valence-corrected chi connectivity index (χ1v) is 7.99. The second-order valence-electron chi connectivity index (χ2n) is 5.32. The fourth-order valence-electron chi connectivity index (χ4n) is 2.13. The van der Waals surface area contributed by atoms with Crippen molar-refractivity contribution >= 4 is 17.7 Å². The molecule has 1 amide bonds. The lowest BCUT2D eigenvalue weighted by atomic mass is 10.2. The van der Waals surface area contributed by atoms with Crippen LogP contribution in [0.3, 0.4) is 0 Å². The molecule has 2 aliphatic rings. The first kappa shape index (κ1) is 13.9. The van der Waals surface area contributed by atoms with Gasteiger partial charge in [0.25, 0.3) is 5.22 Å². The molecule has 1 aromatic heterocycles. The molecule has 6 nitrogen and oxygen atoms in total. The Kier molecular flexibility index (Phi) is 4.26. The predicted octanol–water partition coefficient (Wildman–Crippen LogP) is 1.72. The smallest absolute Gasteiger partial charge is 0.277 e. The molecule has 1 saturated heterocycles. The minimum Gasteiger partial charge on any atom is -0.416 e. The van der Waals surface area contributed by atoms with Crippen LogP contribution in [-0.4, -0.2) is 40.6 Å². The van der Waals surface area contributed by atoms with Crippen LogP contribution in [0.5, 0.6) is 0 Å². The molecule has 2 atom stereocenters. The second kappa shape index (κ2) is 6.13. The number of rotatable bonds is 6. The Hall–Kier alpha value is -1.08. The SMILES string of the molecule is C[C@H](Sc1nnc(C2CC2)o1)C(=O)NC[C@H]1CCCO1. The molecule has 1 saturated carbocycles. The van der Waals surface area contributed by atoms with Gasteiger partial charge in [-0.25, -0.2) is 0 Å². The molecule has 0 radical (unpaired) electrons. The molecule has 1 aliphatic heterocycles. The Morgan fingerprint density at radius 3 is 3.00 bits per heavy atom. The van der Waals surface area contributed by atoms with Gasteiger partial charge < -0.3 is 14.5 Å². The summed E-state index contributed by atoms with van der Waals surface area (Å²) < 4.78 is 11.0. The number of nitrogens with zero attached hydrogens (tertiary/aromatic N) is 2. The number of hydrogen-bond donors (Lipinski definition) is 1. The fraction of sp³-hybridized carbons (Fsp3) is 0.769. The number of hydrogen-bond acceptors (Lipinski definition) is 6. The molecule has 0 aromatic carbocycles. The highest BCUT2D eigenvalue weighted by Crippen LogP contribution is 2.40. The highest BCUT2D eigenvalue weighted by Gasteiger charge is 2.30. The highest BCUT2D eigenvalue weighted by molar-refractivity contribution is 8.00. The maximum absolute atomic E-state index is 12.0. The van der Waals surface area contributed by atoms with Crippen LogP contribution in [0, 0.1) is 0 Å². The van der Waals surface area contributed by atoms with Crippen LogP contribution >= 0.6 is 11.8 Å². The third kappa shape index (κ3) is 3.52. The fourth-order valence-corrected chi connectivity index (χ4v) is 2.85. The van der Waals surface area contributed by atoms with Crippen molar-refractivity contribution in [3.05, 3.63) is 5.89 Å². The van der Waals surface area contributed by atoms with E-state index in [1.165, 1.54) is 11.8 Å². The lowest BCUT2D eigenvalue weighted by Gasteiger charge is -2.13. The van der Waals surface area contributed by atoms with Crippen molar-refractivity contribution in [2.75, 3.05) is 13.2 Å². The highest BCUT2D eigenvalue weighted by atomic mass is 32.2. The van der Waals surface area contributed by atoms with E-state index in [4.69, 9.17) is 9.15 Å². The third-order valence-corrected chi connectivity index (χ3v) is 4.46. The second-order valence-corrected chi connectivity index (χ2v) is 6.61. The van der Waals surface area contributed by atoms with Crippen molar-refractivity contribution in [1.29, 1.82) is 0 Å². The quantitative estimate of drug-likeness (QED) is 0.806. The summed E-state index contributed by atoms with van der Waals surface area (Å²) in [5.74, 6) is 1.14. The van der Waals surface area contributed by atoms with E-state index in [-0.39, 0.29) is 17.3 Å². The number of carbonyl (C=O) groups excluding carboxylic acids is 1. The number of aromatic nitrogens is 2. The summed E-state index contributed by atoms with van der Waals surface area (Å²) in [6.45, 7) is 3.23. The molecule has 0 bridgehead atoms. The van der Waals surface area contributed by atoms with Gasteiger partial charge in [0.1, 0.15) is 0 Å². The molecule has 20 heavy (non-hydrogen) atoms. The molecular weight excluding hydrogens is 278 g/mol. The zero-order chi connectivity index (χ0) is 13.9. The number of carbonyl (C=O) groups is 1. The lowest BCUT2D eigenvalue weighted by Crippen LogP contribution is -2.36. The van der Waals surface area contributed by atoms with Gasteiger partial charge in [0, 0.05) is 19.1 Å². The summed E-state index contributed by atoms with van der Waals surface area (Å²) >= 11 is 1.31. The van der Waals surface area contributed by atoms with Crippen LogP contribution in [0.1, 0.15) is 44.4 Å². The maximum atomic E-state index is 12.0. The van der Waals surface area contributed by atoms with Crippen LogP contribution in [0.4, 0.5) is 0 Å². The minimum atomic E-state index is -0.246. The van der Waals surface area contributed by atoms with Crippen LogP contribution in [0.2, 0.25) is 0 Å². The van der Waals surface area contributed by atoms with E-state index in [1.54, 1.807) is 0 Å². The van der Waals surface area contributed by atoms with E-state index in [0.717, 1.165) is 32.3 Å². The maximum Gasteiger partial charge on any atom is 0.277 e. The third-order valence-electron chi connectivity index (χ3n) is 3.52. The van der Waals surface area contributed by atoms with Gasteiger partial charge in [-0.2, -0.15) is 0 Å². The Morgan fingerprint density at radius 1 is 1.45 bits per heavy atom. The molecule has 2 heterocycles. The van der Waals surface area contributed by atoms with E-state index in [2.05, 4.69) is 15.5 Å². The Bertz CT molecular complexity index is 469. The molecule has 2 fully saturated rings. The molecule has 7 heteroatoms. The summed E-state index contributed by atoms with van der Waals surface area (Å²) in [5, 5.41) is 11.1. The van der Waals surface area contributed by atoms with E-state index in [9.17, 15) is 4.79 Å². The normalized spacial score (nSPS) is 23.8. The predicted molar refractivity (Wildman–Crippen MR) is 73.6 cm³/mol. The van der Waals surface area contributed by atoms with Crippen LogP contribution in [-0.2, 0) is 9.53 Å². The van der Waals surface area contributed by atoms with Crippen molar-refractivity contribution in [3.8, 4) is 0 Å². The minimum absolute atomic E-state index is 0.0170. The van der Waals surface area contributed by atoms with Crippen LogP contribution in [0.25, 0.3) is 0 Å². The Morgan fingerprint density at radius 2 is 2.30 bits per heavy atom. The van der Waals surface area contributed by atoms with E-state index >= 15 is 0 Å². The molecule has 1 aromatic rings. The topological polar surface area (TPSA) is 77.2 Å². The van der Waals surface area contributed by atoms with Gasteiger partial charge in [0.05, 0.1) is 11.4 Å². The molecule has 1 aliphatic carbocycles. The molecule has 0 spiro atoms. The van der Waals surface area contributed by atoms with Crippen molar-refractivity contribution in [1.82, 2.24) is 15.5 Å². The van der Waals surface area contributed by atoms with E-state index in [0.29, 0.717) is 23.6 Å². The summed E-state index contributed by atoms with van der Waals surface area (Å²) in [7, 11) is 0. The van der Waals surface area contributed by atoms with Gasteiger partial charge in [-0.1, -0.05) is 11.8 Å². The molecule has 3 rings (SSSR count). The Labute approximate surface area is 122 Å². The zero-order valence-corrected chi connectivity index (χ0v) is 12.3. The van der Waals surface area contributed by atoms with Gasteiger partial charge in [-0.3, -0.25) is 4.79 Å². The first-order valence-electron chi connectivity index (χ1n) is 7.12. The van der Waals surface area contributed by atoms with E-state index < -0.39 is 0 Å². The summed E-state index contributed by atoms with van der Waals surface area (Å²) in [6, 6.07) is 0. The molecule has 110 valence electrons. The lowest BCUT2D eigenvalue weighted by molar-refractivity contribution is -0.120. The van der Waals surface area contributed by atoms with Gasteiger partial charge >= 0.3 is 0 Å². The summed E-state index contributed by atoms with van der Waals surface area (Å²) in [5.41, 5.74) is 0. The monoisotopic (exact) mass is 297 g/mol. The van der Waals surface area contributed by atoms with Gasteiger partial charge in [-0.05, 0) is 32.6 Å². The van der Waals surface area contributed by atoms with Crippen molar-refractivity contribution in [3.63, 3.8) is 0 Å². The van der Waals surface area contributed by atoms with Crippen LogP contribution < -0.4 is 5.32 Å². The first-order chi connectivity index (χ1) is 9.72. The van der Waals surface area contributed by atoms with Gasteiger partial charge in [0.15, 0.2) is 0 Å². The van der Waals surface area contributed by atoms with Crippen LogP contribution in [0.15, 0.2) is 9.64 Å². The Balaban J connectivity index is 1.44. The van der Waals surface area contributed by atoms with Crippen molar-refractivity contribution < 1.29 is 13.9 Å². The number of ether oxygens (including phenoxy) is 1. The molecule has 0 unspecified atom stereocenters. The number of thioether (sulfide) groups is 1. The standard InChI is InChI=1S/C13H19N3O3S/c1-8(11(17)14-7-10-3-2-6-18-10)20-13-16-15-12(19-13)9-4-5-9/h8-10H,2-7H2,1H3,(H,14,17)/t8-,10+/m0/s1. The number of nitrogens with one attached hydrogen (secondary N) is 1. The molecular formula is C13H19N3O3S. The van der Waals surface area contributed by atoms with Gasteiger partial charge in [-0.15, -0.1) is 10.2 Å². The molecule has 1 N–H and O–H groups in total. The summed E-state index contributed by atoms with van der Waals surface area (Å²) in [4.78, 5) is 12.0. The van der Waals surface area contributed by atoms with Gasteiger partial charge in [0.2, 0.25) is 11.8 Å². The average molecular weight is 297 g/mol. The summed E-state index contributed by atoms with van der Waals surface area (Å²) in [6.07, 6.45) is 4.53. The van der Waals surface area contributed by atoms with E-state index in [1.807, 2.05) is 6.92 Å².